The molecular formula is C12H18N4O2. The number of nitrogens with one attached hydrogen (secondary N) is 2. The van der Waals surface area contributed by atoms with Crippen LogP contribution in [0.4, 0.5) is 0 Å². The highest BCUT2D eigenvalue weighted by atomic mass is 16.5. The lowest BCUT2D eigenvalue weighted by Crippen LogP contribution is -2.59. The van der Waals surface area contributed by atoms with Gasteiger partial charge in [-0.25, -0.2) is 9.97 Å². The minimum Gasteiger partial charge on any atom is -0.363 e. The van der Waals surface area contributed by atoms with Crippen molar-refractivity contribution in [3.05, 3.63) is 23.8 Å². The molecule has 1 aromatic heterocycles. The Morgan fingerprint density at radius 1 is 1.61 bits per heavy atom. The number of carbonyl (C=O) groups excluding carboxylic acids is 1. The topological polar surface area (TPSA) is 76.1 Å². The second-order valence-electron chi connectivity index (χ2n) is 4.71. The number of ether oxygens (including phenoxy) is 1. The number of hydrogen-bond acceptors (Lipinski definition) is 5. The largest absolute Gasteiger partial charge is 0.363 e. The predicted octanol–water partition coefficient (Wildman–Crippen LogP) is -0.220. The van der Waals surface area contributed by atoms with E-state index >= 15 is 0 Å². The van der Waals surface area contributed by atoms with Crippen molar-refractivity contribution in [2.45, 2.75) is 26.0 Å². The minimum absolute atomic E-state index is 0.0856. The number of nitrogens with zero attached hydrogens (tertiary/aromatic N) is 2. The van der Waals surface area contributed by atoms with Gasteiger partial charge in [-0.05, 0) is 19.9 Å². The van der Waals surface area contributed by atoms with E-state index in [9.17, 15) is 4.79 Å². The van der Waals surface area contributed by atoms with Crippen molar-refractivity contribution < 1.29 is 9.53 Å². The smallest absolute Gasteiger partial charge is 0.246 e. The van der Waals surface area contributed by atoms with E-state index in [2.05, 4.69) is 20.6 Å². The molecule has 1 aromatic rings. The standard InChI is InChI=1S/C12H18N4O2/c1-9-14-4-3-10(16-9)5-15-11(17)6-18-12(2)7-13-8-12/h3-4,13H,5-8H2,1-2H3,(H,15,17). The van der Waals surface area contributed by atoms with Gasteiger partial charge in [0.25, 0.3) is 0 Å². The summed E-state index contributed by atoms with van der Waals surface area (Å²) in [6.07, 6.45) is 1.68. The van der Waals surface area contributed by atoms with Crippen molar-refractivity contribution in [3.8, 4) is 0 Å². The molecule has 0 radical (unpaired) electrons. The summed E-state index contributed by atoms with van der Waals surface area (Å²) in [5, 5.41) is 5.89. The Morgan fingerprint density at radius 3 is 3.00 bits per heavy atom. The number of hydrogen-bond donors (Lipinski definition) is 2. The van der Waals surface area contributed by atoms with Crippen LogP contribution in [0, 0.1) is 6.92 Å². The quantitative estimate of drug-likeness (QED) is 0.755. The summed E-state index contributed by atoms with van der Waals surface area (Å²) in [4.78, 5) is 19.8. The van der Waals surface area contributed by atoms with Gasteiger partial charge in [0.05, 0.1) is 17.8 Å². The van der Waals surface area contributed by atoms with Gasteiger partial charge in [0.2, 0.25) is 5.91 Å². The Balaban J connectivity index is 1.71. The molecule has 1 amide bonds. The molecule has 6 nitrogen and oxygen atoms in total. The normalized spacial score (nSPS) is 17.0. The average molecular weight is 250 g/mol. The van der Waals surface area contributed by atoms with E-state index in [-0.39, 0.29) is 18.1 Å². The van der Waals surface area contributed by atoms with E-state index in [0.717, 1.165) is 18.8 Å². The summed E-state index contributed by atoms with van der Waals surface area (Å²) in [5.41, 5.74) is 0.607. The van der Waals surface area contributed by atoms with Gasteiger partial charge in [-0.1, -0.05) is 0 Å². The molecule has 0 saturated carbocycles. The zero-order valence-electron chi connectivity index (χ0n) is 10.7. The molecule has 2 N–H and O–H groups in total. The van der Waals surface area contributed by atoms with Gasteiger partial charge in [-0.3, -0.25) is 4.79 Å². The van der Waals surface area contributed by atoms with Crippen LogP contribution in [-0.2, 0) is 16.1 Å². The first-order valence-electron chi connectivity index (χ1n) is 5.97. The molecule has 0 aliphatic carbocycles. The molecule has 98 valence electrons. The van der Waals surface area contributed by atoms with Crippen LogP contribution in [0.3, 0.4) is 0 Å². The van der Waals surface area contributed by atoms with Crippen molar-refractivity contribution in [2.75, 3.05) is 19.7 Å². The van der Waals surface area contributed by atoms with E-state index in [1.54, 1.807) is 12.3 Å². The van der Waals surface area contributed by atoms with Gasteiger partial charge < -0.3 is 15.4 Å². The fourth-order valence-electron chi connectivity index (χ4n) is 1.66. The zero-order valence-corrected chi connectivity index (χ0v) is 10.7. The van der Waals surface area contributed by atoms with Gasteiger partial charge in [0.1, 0.15) is 12.4 Å². The Morgan fingerprint density at radius 2 is 2.39 bits per heavy atom. The van der Waals surface area contributed by atoms with Crippen molar-refractivity contribution in [1.29, 1.82) is 0 Å². The highest BCUT2D eigenvalue weighted by molar-refractivity contribution is 5.77. The zero-order chi connectivity index (χ0) is 13.0. The fraction of sp³-hybridized carbons (Fsp3) is 0.583. The fourth-order valence-corrected chi connectivity index (χ4v) is 1.66. The summed E-state index contributed by atoms with van der Waals surface area (Å²) in [7, 11) is 0. The molecular weight excluding hydrogens is 232 g/mol. The van der Waals surface area contributed by atoms with Gasteiger partial charge >= 0.3 is 0 Å². The Bertz CT molecular complexity index is 432. The highest BCUT2D eigenvalue weighted by Gasteiger charge is 2.32. The van der Waals surface area contributed by atoms with Crippen LogP contribution in [0.2, 0.25) is 0 Å². The molecule has 0 aromatic carbocycles. The van der Waals surface area contributed by atoms with Crippen molar-refractivity contribution in [3.63, 3.8) is 0 Å². The van der Waals surface area contributed by atoms with Crippen LogP contribution >= 0.6 is 0 Å². The monoisotopic (exact) mass is 250 g/mol. The lowest BCUT2D eigenvalue weighted by molar-refractivity contribution is -0.136. The molecule has 2 heterocycles. The molecule has 0 atom stereocenters. The maximum Gasteiger partial charge on any atom is 0.246 e. The van der Waals surface area contributed by atoms with E-state index in [1.165, 1.54) is 0 Å². The first-order valence-corrected chi connectivity index (χ1v) is 5.97. The van der Waals surface area contributed by atoms with Crippen LogP contribution in [0.5, 0.6) is 0 Å². The number of aryl methyl sites for hydroxylation is 1. The van der Waals surface area contributed by atoms with Crippen LogP contribution in [0.1, 0.15) is 18.4 Å². The highest BCUT2D eigenvalue weighted by Crippen LogP contribution is 2.14. The predicted molar refractivity (Wildman–Crippen MR) is 65.8 cm³/mol. The third-order valence-corrected chi connectivity index (χ3v) is 2.85. The van der Waals surface area contributed by atoms with Gasteiger partial charge in [-0.2, -0.15) is 0 Å². The van der Waals surface area contributed by atoms with E-state index in [4.69, 9.17) is 4.74 Å². The van der Waals surface area contributed by atoms with Gasteiger partial charge in [-0.15, -0.1) is 0 Å². The summed E-state index contributed by atoms with van der Waals surface area (Å²) < 4.78 is 5.53. The van der Waals surface area contributed by atoms with E-state index in [1.807, 2.05) is 13.8 Å². The molecule has 1 fully saturated rings. The van der Waals surface area contributed by atoms with Crippen LogP contribution in [0.25, 0.3) is 0 Å². The average Bonchev–Trinajstić information content (AvgIpc) is 2.31. The lowest BCUT2D eigenvalue weighted by Gasteiger charge is -2.38. The van der Waals surface area contributed by atoms with E-state index in [0.29, 0.717) is 12.4 Å². The van der Waals surface area contributed by atoms with E-state index < -0.39 is 0 Å². The summed E-state index contributed by atoms with van der Waals surface area (Å²) in [6.45, 7) is 5.89. The van der Waals surface area contributed by atoms with Crippen LogP contribution in [0.15, 0.2) is 12.3 Å². The molecule has 2 rings (SSSR count). The van der Waals surface area contributed by atoms with Gasteiger partial charge in [0, 0.05) is 19.3 Å². The van der Waals surface area contributed by atoms with Crippen molar-refractivity contribution >= 4 is 5.91 Å². The van der Waals surface area contributed by atoms with Crippen molar-refractivity contribution in [1.82, 2.24) is 20.6 Å². The summed E-state index contributed by atoms with van der Waals surface area (Å²) in [6, 6.07) is 1.78. The second kappa shape index (κ2) is 5.41. The number of amides is 1. The third-order valence-electron chi connectivity index (χ3n) is 2.85. The second-order valence-corrected chi connectivity index (χ2v) is 4.71. The molecule has 1 saturated heterocycles. The molecule has 1 aliphatic rings. The first kappa shape index (κ1) is 12.9. The summed E-state index contributed by atoms with van der Waals surface area (Å²) >= 11 is 0. The number of rotatable bonds is 5. The maximum absolute atomic E-state index is 11.6. The minimum atomic E-state index is -0.192. The molecule has 0 bridgehead atoms. The van der Waals surface area contributed by atoms with Crippen LogP contribution < -0.4 is 10.6 Å². The lowest BCUT2D eigenvalue weighted by atomic mass is 10.0. The number of aromatic nitrogens is 2. The van der Waals surface area contributed by atoms with Gasteiger partial charge in [0.15, 0.2) is 0 Å². The molecule has 6 heteroatoms. The third kappa shape index (κ3) is 3.48. The Kier molecular flexibility index (Phi) is 3.88. The molecule has 0 unspecified atom stereocenters. The Hall–Kier alpha value is -1.53. The van der Waals surface area contributed by atoms with Crippen LogP contribution in [-0.4, -0.2) is 41.2 Å². The summed E-state index contributed by atoms with van der Waals surface area (Å²) in [5.74, 6) is 0.574. The first-order chi connectivity index (χ1) is 8.57. The molecule has 0 spiro atoms. The SMILES string of the molecule is Cc1nccc(CNC(=O)COC2(C)CNC2)n1. The van der Waals surface area contributed by atoms with Crippen molar-refractivity contribution in [2.24, 2.45) is 0 Å². The Labute approximate surface area is 106 Å². The maximum atomic E-state index is 11.6. The molecule has 18 heavy (non-hydrogen) atoms. The molecule has 1 aliphatic heterocycles. The number of carbonyl (C=O) groups is 1.